The fourth-order valence-electron chi connectivity index (χ4n) is 3.07. The first-order chi connectivity index (χ1) is 12.5. The van der Waals surface area contributed by atoms with Gasteiger partial charge in [-0.1, -0.05) is 35.9 Å². The minimum atomic E-state index is -0.339. The van der Waals surface area contributed by atoms with E-state index in [-0.39, 0.29) is 11.8 Å². The fourth-order valence-corrected chi connectivity index (χ4v) is 4.12. The van der Waals surface area contributed by atoms with E-state index in [4.69, 9.17) is 0 Å². The van der Waals surface area contributed by atoms with Crippen molar-refractivity contribution in [1.29, 1.82) is 0 Å². The monoisotopic (exact) mass is 363 g/mol. The second-order valence-corrected chi connectivity index (χ2v) is 7.21. The summed E-state index contributed by atoms with van der Waals surface area (Å²) in [6.45, 7) is 1.91. The second-order valence-electron chi connectivity index (χ2n) is 6.18. The van der Waals surface area contributed by atoms with Crippen LogP contribution in [0.1, 0.15) is 25.6 Å². The van der Waals surface area contributed by atoms with Crippen LogP contribution in [0.5, 0.6) is 0 Å². The van der Waals surface area contributed by atoms with Crippen molar-refractivity contribution in [2.45, 2.75) is 6.92 Å². The summed E-state index contributed by atoms with van der Waals surface area (Å²) in [5, 5.41) is 2.16. The molecule has 6 heteroatoms. The number of hydrogen-bond donors (Lipinski definition) is 2. The number of aryl methyl sites for hydroxylation is 2. The van der Waals surface area contributed by atoms with Gasteiger partial charge in [0.25, 0.3) is 11.8 Å². The summed E-state index contributed by atoms with van der Waals surface area (Å²) in [4.78, 5) is 26.2. The Labute approximate surface area is 154 Å². The number of aromatic nitrogens is 1. The van der Waals surface area contributed by atoms with Crippen molar-refractivity contribution in [2.75, 3.05) is 0 Å². The third-order valence-electron chi connectivity index (χ3n) is 4.37. The van der Waals surface area contributed by atoms with Gasteiger partial charge in [-0.05, 0) is 31.2 Å². The molecule has 130 valence electrons. The molecule has 0 bridgehead atoms. The summed E-state index contributed by atoms with van der Waals surface area (Å²) in [5.74, 6) is -0.662. The van der Waals surface area contributed by atoms with Crippen LogP contribution in [-0.4, -0.2) is 16.4 Å². The van der Waals surface area contributed by atoms with E-state index in [1.165, 1.54) is 11.3 Å². The molecule has 0 saturated carbocycles. The van der Waals surface area contributed by atoms with Gasteiger partial charge in [0.15, 0.2) is 0 Å². The average Bonchev–Trinajstić information content (AvgIpc) is 3.20. The standard InChI is InChI=1S/C20H17N3O2S/c1-12-6-5-7-13(10-12)18(24)21-22-19(25)17-11-15-14-8-3-4-9-16(14)23(2)20(15)26-17/h3-11H,1-2H3,(H,21,24)(H,22,25). The van der Waals surface area contributed by atoms with Gasteiger partial charge in [-0.15, -0.1) is 11.3 Å². The van der Waals surface area contributed by atoms with E-state index in [9.17, 15) is 9.59 Å². The summed E-state index contributed by atoms with van der Waals surface area (Å²) in [7, 11) is 1.99. The number of benzene rings is 2. The number of hydrogen-bond acceptors (Lipinski definition) is 3. The van der Waals surface area contributed by atoms with Crippen LogP contribution < -0.4 is 10.9 Å². The maximum Gasteiger partial charge on any atom is 0.279 e. The van der Waals surface area contributed by atoms with Gasteiger partial charge in [0, 0.05) is 28.9 Å². The Morgan fingerprint density at radius 2 is 1.69 bits per heavy atom. The smallest absolute Gasteiger partial charge is 0.279 e. The topological polar surface area (TPSA) is 63.1 Å². The number of fused-ring (bicyclic) bond motifs is 3. The molecule has 0 unspecified atom stereocenters. The van der Waals surface area contributed by atoms with E-state index in [1.54, 1.807) is 12.1 Å². The number of carbonyl (C=O) groups excluding carboxylic acids is 2. The molecule has 0 spiro atoms. The van der Waals surface area contributed by atoms with Gasteiger partial charge in [-0.3, -0.25) is 20.4 Å². The van der Waals surface area contributed by atoms with Crippen LogP contribution in [0.4, 0.5) is 0 Å². The van der Waals surface area contributed by atoms with Crippen LogP contribution in [0.2, 0.25) is 0 Å². The van der Waals surface area contributed by atoms with Crippen molar-refractivity contribution in [3.8, 4) is 0 Å². The zero-order valence-electron chi connectivity index (χ0n) is 14.4. The van der Waals surface area contributed by atoms with Gasteiger partial charge in [0.2, 0.25) is 0 Å². The van der Waals surface area contributed by atoms with Crippen LogP contribution in [0.15, 0.2) is 54.6 Å². The highest BCUT2D eigenvalue weighted by molar-refractivity contribution is 7.20. The predicted molar refractivity (Wildman–Crippen MR) is 104 cm³/mol. The van der Waals surface area contributed by atoms with Crippen LogP contribution in [0.3, 0.4) is 0 Å². The summed E-state index contributed by atoms with van der Waals surface area (Å²) in [6.07, 6.45) is 0. The first-order valence-corrected chi connectivity index (χ1v) is 9.00. The Hall–Kier alpha value is -3.12. The zero-order valence-corrected chi connectivity index (χ0v) is 15.2. The molecule has 2 N–H and O–H groups in total. The minimum Gasteiger partial charge on any atom is -0.335 e. The van der Waals surface area contributed by atoms with Crippen LogP contribution in [0.25, 0.3) is 21.1 Å². The Kier molecular flexibility index (Phi) is 3.97. The normalized spacial score (nSPS) is 11.0. The van der Waals surface area contributed by atoms with Gasteiger partial charge in [0.1, 0.15) is 4.83 Å². The van der Waals surface area contributed by atoms with Crippen LogP contribution in [0, 0.1) is 6.92 Å². The predicted octanol–water partition coefficient (Wildman–Crippen LogP) is 3.78. The molecule has 4 aromatic rings. The Balaban J connectivity index is 1.55. The average molecular weight is 363 g/mol. The molecule has 0 atom stereocenters. The lowest BCUT2D eigenvalue weighted by Gasteiger charge is -2.06. The maximum atomic E-state index is 12.4. The van der Waals surface area contributed by atoms with Gasteiger partial charge < -0.3 is 4.57 Å². The zero-order chi connectivity index (χ0) is 18.3. The van der Waals surface area contributed by atoms with Gasteiger partial charge in [0.05, 0.1) is 4.88 Å². The molecule has 26 heavy (non-hydrogen) atoms. The summed E-state index contributed by atoms with van der Waals surface area (Å²) >= 11 is 1.41. The SMILES string of the molecule is Cc1cccc(C(=O)NNC(=O)c2cc3c4ccccc4n(C)c3s2)c1. The summed E-state index contributed by atoms with van der Waals surface area (Å²) in [5.41, 5.74) is 7.60. The number of carbonyl (C=O) groups is 2. The first-order valence-electron chi connectivity index (χ1n) is 8.19. The van der Waals surface area contributed by atoms with E-state index in [0.717, 1.165) is 26.7 Å². The molecule has 0 aliphatic carbocycles. The number of amides is 2. The van der Waals surface area contributed by atoms with Gasteiger partial charge in [-0.2, -0.15) is 0 Å². The lowest BCUT2D eigenvalue weighted by Crippen LogP contribution is -2.41. The Morgan fingerprint density at radius 1 is 0.923 bits per heavy atom. The highest BCUT2D eigenvalue weighted by Crippen LogP contribution is 2.34. The third-order valence-corrected chi connectivity index (χ3v) is 5.58. The Bertz CT molecular complexity index is 1160. The largest absolute Gasteiger partial charge is 0.335 e. The molecule has 0 aliphatic heterocycles. The summed E-state index contributed by atoms with van der Waals surface area (Å²) < 4.78 is 2.08. The molecular weight excluding hydrogens is 346 g/mol. The highest BCUT2D eigenvalue weighted by Gasteiger charge is 2.16. The molecule has 0 aliphatic rings. The van der Waals surface area contributed by atoms with Crippen LogP contribution >= 0.6 is 11.3 Å². The van der Waals surface area contributed by atoms with E-state index >= 15 is 0 Å². The van der Waals surface area contributed by atoms with Crippen molar-refractivity contribution in [1.82, 2.24) is 15.4 Å². The molecule has 0 fully saturated rings. The van der Waals surface area contributed by atoms with E-state index < -0.39 is 0 Å². The first kappa shape index (κ1) is 16.4. The van der Waals surface area contributed by atoms with Crippen molar-refractivity contribution in [3.05, 3.63) is 70.6 Å². The fraction of sp³-hybridized carbons (Fsp3) is 0.100. The maximum absolute atomic E-state index is 12.4. The number of hydrazine groups is 1. The molecule has 2 amide bonds. The van der Waals surface area contributed by atoms with Crippen molar-refractivity contribution < 1.29 is 9.59 Å². The number of nitrogens with zero attached hydrogens (tertiary/aromatic N) is 1. The quantitative estimate of drug-likeness (QED) is 0.533. The van der Waals surface area contributed by atoms with Crippen molar-refractivity contribution in [3.63, 3.8) is 0 Å². The van der Waals surface area contributed by atoms with Crippen LogP contribution in [-0.2, 0) is 7.05 Å². The lowest BCUT2D eigenvalue weighted by atomic mass is 10.1. The minimum absolute atomic E-state index is 0.323. The van der Waals surface area contributed by atoms with E-state index in [0.29, 0.717) is 10.4 Å². The van der Waals surface area contributed by atoms with Gasteiger partial charge in [-0.25, -0.2) is 0 Å². The number of nitrogens with one attached hydrogen (secondary N) is 2. The lowest BCUT2D eigenvalue weighted by molar-refractivity contribution is 0.0849. The molecule has 2 heterocycles. The summed E-state index contributed by atoms with van der Waals surface area (Å²) in [6, 6.07) is 17.2. The van der Waals surface area contributed by atoms with E-state index in [2.05, 4.69) is 21.5 Å². The molecule has 5 nitrogen and oxygen atoms in total. The number of para-hydroxylation sites is 1. The van der Waals surface area contributed by atoms with E-state index in [1.807, 2.05) is 50.4 Å². The molecule has 2 aromatic carbocycles. The molecule has 0 radical (unpaired) electrons. The second kappa shape index (κ2) is 6.31. The molecule has 4 rings (SSSR count). The highest BCUT2D eigenvalue weighted by atomic mass is 32.1. The molecular formula is C20H17N3O2S. The number of rotatable bonds is 2. The van der Waals surface area contributed by atoms with Crippen molar-refractivity contribution >= 4 is 44.3 Å². The van der Waals surface area contributed by atoms with Gasteiger partial charge >= 0.3 is 0 Å². The third kappa shape index (κ3) is 2.74. The molecule has 2 aromatic heterocycles. The van der Waals surface area contributed by atoms with Crippen molar-refractivity contribution in [2.24, 2.45) is 7.05 Å². The molecule has 0 saturated heterocycles. The number of thiophene rings is 1. The Morgan fingerprint density at radius 3 is 2.50 bits per heavy atom.